The molecule has 0 bridgehead atoms. The number of ether oxygens (including phenoxy) is 1. The molecule has 4 rings (SSSR count). The maximum atomic E-state index is 13.1. The van der Waals surface area contributed by atoms with Gasteiger partial charge in [0.25, 0.3) is 5.91 Å². The van der Waals surface area contributed by atoms with Crippen LogP contribution in [0.3, 0.4) is 0 Å². The average Bonchev–Trinajstić information content (AvgIpc) is 3.63. The summed E-state index contributed by atoms with van der Waals surface area (Å²) in [6, 6.07) is 10.9. The summed E-state index contributed by atoms with van der Waals surface area (Å²) in [4.78, 5) is 17.9. The molecule has 30 heavy (non-hydrogen) atoms. The number of sulfone groups is 1. The first-order valence-corrected chi connectivity index (χ1v) is 12.4. The van der Waals surface area contributed by atoms with Gasteiger partial charge in [0.05, 0.1) is 12.1 Å². The molecule has 0 aliphatic heterocycles. The zero-order valence-corrected chi connectivity index (χ0v) is 18.0. The van der Waals surface area contributed by atoms with E-state index in [9.17, 15) is 18.5 Å². The van der Waals surface area contributed by atoms with Gasteiger partial charge in [-0.15, -0.1) is 11.3 Å². The first-order valence-electron chi connectivity index (χ1n) is 9.64. The third-order valence-electron chi connectivity index (χ3n) is 5.09. The number of para-hydroxylation sites is 1. The number of carbonyl (C=O) groups is 1. The van der Waals surface area contributed by atoms with Crippen molar-refractivity contribution in [2.45, 2.75) is 37.1 Å². The lowest BCUT2D eigenvalue weighted by Crippen LogP contribution is -2.34. The van der Waals surface area contributed by atoms with Crippen molar-refractivity contribution in [3.8, 4) is 17.7 Å². The van der Waals surface area contributed by atoms with Gasteiger partial charge in [-0.25, -0.2) is 13.4 Å². The Labute approximate surface area is 179 Å². The molecule has 9 heteroatoms. The highest BCUT2D eigenvalue weighted by molar-refractivity contribution is 7.93. The van der Waals surface area contributed by atoms with Crippen molar-refractivity contribution in [2.24, 2.45) is 5.92 Å². The third-order valence-corrected chi connectivity index (χ3v) is 6.99. The van der Waals surface area contributed by atoms with Gasteiger partial charge in [0.1, 0.15) is 16.2 Å². The molecule has 1 amide bonds. The van der Waals surface area contributed by atoms with Crippen LogP contribution in [-0.2, 0) is 15.3 Å². The predicted molar refractivity (Wildman–Crippen MR) is 113 cm³/mol. The van der Waals surface area contributed by atoms with Crippen molar-refractivity contribution in [3.63, 3.8) is 0 Å². The summed E-state index contributed by atoms with van der Waals surface area (Å²) in [6.07, 6.45) is 5.93. The Morgan fingerprint density at radius 3 is 2.63 bits per heavy atom. The number of thiazole rings is 1. The van der Waals surface area contributed by atoms with E-state index in [1.807, 2.05) is 18.2 Å². The van der Waals surface area contributed by atoms with Crippen molar-refractivity contribution in [1.29, 1.82) is 5.26 Å². The summed E-state index contributed by atoms with van der Waals surface area (Å²) in [7, 11) is -3.29. The molecule has 2 aliphatic carbocycles. The smallest absolute Gasteiger partial charge is 0.267 e. The molecule has 0 saturated heterocycles. The van der Waals surface area contributed by atoms with E-state index in [1.54, 1.807) is 12.1 Å². The number of rotatable bonds is 8. The van der Waals surface area contributed by atoms with Crippen LogP contribution in [0.25, 0.3) is 0 Å². The van der Waals surface area contributed by atoms with Crippen molar-refractivity contribution in [1.82, 2.24) is 10.3 Å². The molecule has 0 spiro atoms. The minimum absolute atomic E-state index is 0.168. The zero-order valence-electron chi connectivity index (χ0n) is 16.4. The summed E-state index contributed by atoms with van der Waals surface area (Å²) in [5.41, 5.74) is -0.635. The fourth-order valence-electron chi connectivity index (χ4n) is 3.04. The van der Waals surface area contributed by atoms with E-state index < -0.39 is 15.3 Å². The van der Waals surface area contributed by atoms with Crippen LogP contribution in [0.2, 0.25) is 0 Å². The van der Waals surface area contributed by atoms with E-state index in [1.165, 1.54) is 17.4 Å². The molecule has 1 aromatic heterocycles. The normalized spacial score (nSPS) is 18.5. The van der Waals surface area contributed by atoms with E-state index in [0.29, 0.717) is 23.6 Å². The number of nitrogens with one attached hydrogen (secondary N) is 1. The molecule has 1 aromatic carbocycles. The topological polar surface area (TPSA) is 109 Å². The number of nitrogens with zero attached hydrogens (tertiary/aromatic N) is 2. The molecule has 156 valence electrons. The first kappa shape index (κ1) is 20.6. The van der Waals surface area contributed by atoms with Crippen molar-refractivity contribution < 1.29 is 17.9 Å². The quantitative estimate of drug-likeness (QED) is 0.668. The lowest BCUT2D eigenvalue weighted by atomic mass is 10.1. The number of aromatic nitrogens is 1. The van der Waals surface area contributed by atoms with Crippen LogP contribution in [0, 0.1) is 17.2 Å². The fraction of sp³-hybridized carbons (Fsp3) is 0.381. The van der Waals surface area contributed by atoms with Crippen molar-refractivity contribution >= 4 is 27.1 Å². The molecule has 2 aliphatic rings. The second kappa shape index (κ2) is 7.85. The first-order chi connectivity index (χ1) is 14.3. The molecule has 2 aromatic rings. The second-order valence-electron chi connectivity index (χ2n) is 7.76. The van der Waals surface area contributed by atoms with Crippen LogP contribution in [0.5, 0.6) is 11.6 Å². The van der Waals surface area contributed by atoms with Crippen molar-refractivity contribution in [3.05, 3.63) is 51.7 Å². The molecule has 1 heterocycles. The molecule has 0 radical (unpaired) electrons. The number of amides is 1. The molecule has 1 atom stereocenters. The van der Waals surface area contributed by atoms with Gasteiger partial charge in [-0.1, -0.05) is 24.3 Å². The van der Waals surface area contributed by atoms with Gasteiger partial charge in [0.2, 0.25) is 5.88 Å². The zero-order chi connectivity index (χ0) is 21.4. The molecular formula is C21H21N3O4S2. The lowest BCUT2D eigenvalue weighted by molar-refractivity contribution is 0.0942. The van der Waals surface area contributed by atoms with E-state index in [2.05, 4.69) is 16.4 Å². The maximum Gasteiger partial charge on any atom is 0.267 e. The largest absolute Gasteiger partial charge is 0.437 e. The van der Waals surface area contributed by atoms with Gasteiger partial charge in [-0.05, 0) is 43.7 Å². The summed E-state index contributed by atoms with van der Waals surface area (Å²) in [5.74, 6) is 0.544. The third kappa shape index (κ3) is 4.71. The summed E-state index contributed by atoms with van der Waals surface area (Å²) >= 11 is 1.17. The number of carbonyl (C=O) groups excluding carboxylic acids is 1. The van der Waals surface area contributed by atoms with Gasteiger partial charge < -0.3 is 10.1 Å². The molecule has 1 N–H and O–H groups in total. The minimum atomic E-state index is -3.29. The highest BCUT2D eigenvalue weighted by Gasteiger charge is 2.49. The van der Waals surface area contributed by atoms with E-state index in [4.69, 9.17) is 4.74 Å². The van der Waals surface area contributed by atoms with Crippen LogP contribution in [-0.4, -0.2) is 31.6 Å². The molecule has 2 fully saturated rings. The maximum absolute atomic E-state index is 13.1. The highest BCUT2D eigenvalue weighted by Crippen LogP contribution is 2.50. The van der Waals surface area contributed by atoms with Crippen LogP contribution < -0.4 is 10.1 Å². The summed E-state index contributed by atoms with van der Waals surface area (Å²) < 4.78 is 28.8. The van der Waals surface area contributed by atoms with E-state index >= 15 is 0 Å². The van der Waals surface area contributed by atoms with Gasteiger partial charge in [-0.2, -0.15) is 5.26 Å². The van der Waals surface area contributed by atoms with E-state index in [-0.39, 0.29) is 28.6 Å². The second-order valence-corrected chi connectivity index (χ2v) is 10.7. The number of benzene rings is 1. The molecule has 7 nitrogen and oxygen atoms in total. The Bertz CT molecular complexity index is 1120. The number of hydrogen-bond acceptors (Lipinski definition) is 7. The van der Waals surface area contributed by atoms with Crippen LogP contribution in [0.4, 0.5) is 0 Å². The lowest BCUT2D eigenvalue weighted by Gasteiger charge is -2.14. The standard InChI is InChI=1S/C21H21N3O4S2/c1-30(26,27)12-9-16(14-7-8-14)23-18(25)17-19(28-15-5-3-2-4-6-15)24-20(29-17)21(13-22)10-11-21/h2-6,9,12,14,16H,7-8,10-11H2,1H3,(H,23,25)/b12-9+/t16-/m1/s1. The molecular weight excluding hydrogens is 422 g/mol. The van der Waals surface area contributed by atoms with Gasteiger partial charge >= 0.3 is 0 Å². The highest BCUT2D eigenvalue weighted by atomic mass is 32.2. The average molecular weight is 444 g/mol. The Balaban J connectivity index is 1.62. The van der Waals surface area contributed by atoms with Crippen LogP contribution >= 0.6 is 11.3 Å². The van der Waals surface area contributed by atoms with Gasteiger partial charge in [-0.3, -0.25) is 4.79 Å². The minimum Gasteiger partial charge on any atom is -0.437 e. The summed E-state index contributed by atoms with van der Waals surface area (Å²) in [5, 5.41) is 14.1. The monoisotopic (exact) mass is 443 g/mol. The van der Waals surface area contributed by atoms with Crippen molar-refractivity contribution in [2.75, 3.05) is 6.26 Å². The van der Waals surface area contributed by atoms with Crippen LogP contribution in [0.1, 0.15) is 40.4 Å². The Morgan fingerprint density at radius 1 is 1.37 bits per heavy atom. The number of nitriles is 1. The Morgan fingerprint density at radius 2 is 2.07 bits per heavy atom. The van der Waals surface area contributed by atoms with Crippen LogP contribution in [0.15, 0.2) is 41.8 Å². The molecule has 2 saturated carbocycles. The fourth-order valence-corrected chi connectivity index (χ4v) is 4.59. The predicted octanol–water partition coefficient (Wildman–Crippen LogP) is 3.56. The number of hydrogen-bond donors (Lipinski definition) is 1. The Kier molecular flexibility index (Phi) is 5.38. The van der Waals surface area contributed by atoms with Gasteiger partial charge in [0, 0.05) is 11.7 Å². The SMILES string of the molecule is CS(=O)(=O)/C=C/[C@@H](NC(=O)c1sc(C2(C#N)CC2)nc1Oc1ccccc1)C1CC1. The molecule has 0 unspecified atom stereocenters. The van der Waals surface area contributed by atoms with Gasteiger partial charge in [0.15, 0.2) is 14.7 Å². The Hall–Kier alpha value is -2.70. The van der Waals surface area contributed by atoms with E-state index in [0.717, 1.165) is 24.5 Å². The summed E-state index contributed by atoms with van der Waals surface area (Å²) in [6.45, 7) is 0.